The molecule has 182 valence electrons. The third-order valence-electron chi connectivity index (χ3n) is 8.51. The van der Waals surface area contributed by atoms with Crippen molar-refractivity contribution in [2.75, 3.05) is 0 Å². The topological polar surface area (TPSA) is 74.6 Å². The van der Waals surface area contributed by atoms with Gasteiger partial charge in [0.15, 0.2) is 0 Å². The number of carbonyl (C=O) groups is 2. The SMILES string of the molecule is O=C(O)C1C2C=CC(C2)C1c1ccccc1.O=C(O)CCC1C2C=CC(C2)C1c1ccccc1Cl. The number of hydrogen-bond acceptors (Lipinski definition) is 2. The van der Waals surface area contributed by atoms with Crippen LogP contribution in [0, 0.1) is 35.5 Å². The van der Waals surface area contributed by atoms with Crippen molar-refractivity contribution in [2.24, 2.45) is 35.5 Å². The van der Waals surface area contributed by atoms with Crippen molar-refractivity contribution in [3.8, 4) is 0 Å². The Morgan fingerprint density at radius 3 is 2.06 bits per heavy atom. The van der Waals surface area contributed by atoms with E-state index < -0.39 is 11.9 Å². The lowest BCUT2D eigenvalue weighted by Gasteiger charge is -2.28. The third kappa shape index (κ3) is 4.69. The summed E-state index contributed by atoms with van der Waals surface area (Å²) in [5.41, 5.74) is 2.36. The van der Waals surface area contributed by atoms with Gasteiger partial charge >= 0.3 is 11.9 Å². The minimum absolute atomic E-state index is 0.175. The van der Waals surface area contributed by atoms with E-state index in [2.05, 4.69) is 42.5 Å². The molecular formula is C30H31ClO4. The maximum Gasteiger partial charge on any atom is 0.307 e. The average molecular weight is 491 g/mol. The molecular weight excluding hydrogens is 460 g/mol. The molecule has 2 saturated carbocycles. The predicted molar refractivity (Wildman–Crippen MR) is 136 cm³/mol. The highest BCUT2D eigenvalue weighted by Gasteiger charge is 2.49. The van der Waals surface area contributed by atoms with E-state index >= 15 is 0 Å². The molecule has 0 aliphatic heterocycles. The molecule has 4 aliphatic rings. The number of hydrogen-bond donors (Lipinski definition) is 2. The van der Waals surface area contributed by atoms with Gasteiger partial charge in [-0.05, 0) is 72.0 Å². The molecule has 0 saturated heterocycles. The smallest absolute Gasteiger partial charge is 0.307 e. The number of allylic oxidation sites excluding steroid dienone is 4. The first-order chi connectivity index (χ1) is 16.9. The summed E-state index contributed by atoms with van der Waals surface area (Å²) < 4.78 is 0. The van der Waals surface area contributed by atoms with Crippen LogP contribution in [0.1, 0.15) is 48.6 Å². The largest absolute Gasteiger partial charge is 0.481 e. The highest BCUT2D eigenvalue weighted by Crippen LogP contribution is 2.55. The summed E-state index contributed by atoms with van der Waals surface area (Å²) in [6.45, 7) is 0. The van der Waals surface area contributed by atoms with Gasteiger partial charge in [0.1, 0.15) is 0 Å². The van der Waals surface area contributed by atoms with Crippen molar-refractivity contribution in [1.29, 1.82) is 0 Å². The van der Waals surface area contributed by atoms with Crippen LogP contribution in [0.3, 0.4) is 0 Å². The molecule has 5 heteroatoms. The van der Waals surface area contributed by atoms with E-state index in [0.29, 0.717) is 29.6 Å². The molecule has 35 heavy (non-hydrogen) atoms. The van der Waals surface area contributed by atoms with Gasteiger partial charge in [0.25, 0.3) is 0 Å². The lowest BCUT2D eigenvalue weighted by molar-refractivity contribution is -0.143. The van der Waals surface area contributed by atoms with Crippen LogP contribution in [0.5, 0.6) is 0 Å². The van der Waals surface area contributed by atoms with E-state index in [9.17, 15) is 14.7 Å². The minimum Gasteiger partial charge on any atom is -0.481 e. The fourth-order valence-corrected chi connectivity index (χ4v) is 7.37. The van der Waals surface area contributed by atoms with E-state index in [-0.39, 0.29) is 24.2 Å². The zero-order valence-corrected chi connectivity index (χ0v) is 20.3. The van der Waals surface area contributed by atoms with Crippen molar-refractivity contribution in [3.05, 3.63) is 95.1 Å². The lowest BCUT2D eigenvalue weighted by Crippen LogP contribution is -2.25. The Hall–Kier alpha value is -2.85. The van der Waals surface area contributed by atoms with Crippen LogP contribution in [-0.2, 0) is 9.59 Å². The molecule has 8 unspecified atom stereocenters. The maximum atomic E-state index is 11.3. The van der Waals surface area contributed by atoms with Crippen molar-refractivity contribution in [2.45, 2.75) is 37.5 Å². The normalized spacial score (nSPS) is 33.5. The Labute approximate surface area is 211 Å². The Balaban J connectivity index is 0.000000147. The molecule has 2 aromatic rings. The van der Waals surface area contributed by atoms with Gasteiger partial charge in [-0.25, -0.2) is 0 Å². The monoisotopic (exact) mass is 490 g/mol. The molecule has 2 fully saturated rings. The molecule has 4 aliphatic carbocycles. The summed E-state index contributed by atoms with van der Waals surface area (Å²) in [5.74, 6) is 1.14. The third-order valence-corrected chi connectivity index (χ3v) is 8.85. The van der Waals surface area contributed by atoms with E-state index in [0.717, 1.165) is 24.3 Å². The quantitative estimate of drug-likeness (QED) is 0.437. The predicted octanol–water partition coefficient (Wildman–Crippen LogP) is 6.79. The molecule has 6 rings (SSSR count). The second kappa shape index (κ2) is 10.0. The summed E-state index contributed by atoms with van der Waals surface area (Å²) in [7, 11) is 0. The van der Waals surface area contributed by atoms with Gasteiger partial charge in [0, 0.05) is 17.4 Å². The maximum absolute atomic E-state index is 11.3. The zero-order chi connectivity index (χ0) is 24.5. The second-order valence-electron chi connectivity index (χ2n) is 10.3. The molecule has 2 aromatic carbocycles. The first kappa shape index (κ1) is 23.9. The molecule has 4 nitrogen and oxygen atoms in total. The lowest BCUT2D eigenvalue weighted by atomic mass is 9.76. The summed E-state index contributed by atoms with van der Waals surface area (Å²) >= 11 is 6.33. The number of carboxylic acids is 2. The van der Waals surface area contributed by atoms with Crippen molar-refractivity contribution in [3.63, 3.8) is 0 Å². The van der Waals surface area contributed by atoms with Crippen LogP contribution in [-0.4, -0.2) is 22.2 Å². The van der Waals surface area contributed by atoms with Gasteiger partial charge in [-0.3, -0.25) is 9.59 Å². The molecule has 0 heterocycles. The minimum atomic E-state index is -0.704. The Bertz CT molecular complexity index is 1140. The summed E-state index contributed by atoms with van der Waals surface area (Å²) in [5, 5.41) is 19.1. The number of halogens is 1. The summed E-state index contributed by atoms with van der Waals surface area (Å²) in [6, 6.07) is 18.0. The Morgan fingerprint density at radius 1 is 0.771 bits per heavy atom. The van der Waals surface area contributed by atoms with E-state index in [4.69, 9.17) is 16.7 Å². The van der Waals surface area contributed by atoms with Crippen LogP contribution in [0.15, 0.2) is 78.9 Å². The van der Waals surface area contributed by atoms with Crippen LogP contribution in [0.4, 0.5) is 0 Å². The van der Waals surface area contributed by atoms with Crippen LogP contribution in [0.2, 0.25) is 5.02 Å². The highest BCUT2D eigenvalue weighted by atomic mass is 35.5. The van der Waals surface area contributed by atoms with Gasteiger partial charge in [-0.1, -0.05) is 84.4 Å². The molecule has 0 aromatic heterocycles. The first-order valence-electron chi connectivity index (χ1n) is 12.5. The van der Waals surface area contributed by atoms with Crippen LogP contribution < -0.4 is 0 Å². The molecule has 2 N–H and O–H groups in total. The van der Waals surface area contributed by atoms with Crippen molar-refractivity contribution in [1.82, 2.24) is 0 Å². The fraction of sp³-hybridized carbons (Fsp3) is 0.400. The molecule has 4 bridgehead atoms. The van der Waals surface area contributed by atoms with Crippen molar-refractivity contribution < 1.29 is 19.8 Å². The zero-order valence-electron chi connectivity index (χ0n) is 19.5. The highest BCUT2D eigenvalue weighted by molar-refractivity contribution is 6.31. The van der Waals surface area contributed by atoms with E-state index in [1.807, 2.05) is 36.4 Å². The average Bonchev–Trinajstić information content (AvgIpc) is 3.64. The molecule has 8 atom stereocenters. The summed E-state index contributed by atoms with van der Waals surface area (Å²) in [4.78, 5) is 22.2. The Kier molecular flexibility index (Phi) is 6.84. The standard InChI is InChI=1S/C16H17ClO2.C14H14O2/c17-14-4-2-1-3-13(14)16-11-6-5-10(9-11)12(16)7-8-15(18)19;15-14(16)13-11-7-6-10(8-11)12(13)9-4-2-1-3-5-9/h1-6,10-12,16H,7-9H2,(H,18,19);1-7,10-13H,8H2,(H,15,16). The molecule has 0 radical (unpaired) electrons. The van der Waals surface area contributed by atoms with Gasteiger partial charge in [0.2, 0.25) is 0 Å². The number of fused-ring (bicyclic) bond motifs is 4. The van der Waals surface area contributed by atoms with Crippen LogP contribution in [0.25, 0.3) is 0 Å². The molecule has 0 amide bonds. The number of carboxylic acid groups (broad SMARTS) is 2. The van der Waals surface area contributed by atoms with Gasteiger partial charge in [-0.15, -0.1) is 0 Å². The number of aliphatic carboxylic acids is 2. The number of rotatable bonds is 6. The fourth-order valence-electron chi connectivity index (χ4n) is 7.10. The second-order valence-corrected chi connectivity index (χ2v) is 10.7. The van der Waals surface area contributed by atoms with Crippen molar-refractivity contribution >= 4 is 23.5 Å². The molecule has 0 spiro atoms. The van der Waals surface area contributed by atoms with Crippen LogP contribution >= 0.6 is 11.6 Å². The van der Waals surface area contributed by atoms with Gasteiger partial charge in [-0.2, -0.15) is 0 Å². The summed E-state index contributed by atoms with van der Waals surface area (Å²) in [6.07, 6.45) is 12.0. The van der Waals surface area contributed by atoms with Gasteiger partial charge < -0.3 is 10.2 Å². The first-order valence-corrected chi connectivity index (χ1v) is 12.9. The van der Waals surface area contributed by atoms with E-state index in [1.54, 1.807) is 0 Å². The Morgan fingerprint density at radius 2 is 1.37 bits per heavy atom. The van der Waals surface area contributed by atoms with E-state index in [1.165, 1.54) is 11.1 Å². The number of benzene rings is 2. The van der Waals surface area contributed by atoms with Gasteiger partial charge in [0.05, 0.1) is 5.92 Å².